The van der Waals surface area contributed by atoms with Gasteiger partial charge in [0.05, 0.1) is 0 Å². The molecule has 0 radical (unpaired) electrons. The van der Waals surface area contributed by atoms with Crippen LogP contribution in [0.1, 0.15) is 154 Å². The van der Waals surface area contributed by atoms with Crippen LogP contribution in [0.15, 0.2) is 0 Å². The first-order chi connectivity index (χ1) is 16.3. The van der Waals surface area contributed by atoms with Crippen molar-refractivity contribution in [3.05, 3.63) is 27.8 Å². The monoisotopic (exact) mass is 484 g/mol. The maximum absolute atomic E-state index is 6.86. The summed E-state index contributed by atoms with van der Waals surface area (Å²) in [5.41, 5.74) is 7.57. The van der Waals surface area contributed by atoms with Gasteiger partial charge in [0.25, 0.3) is 0 Å². The van der Waals surface area contributed by atoms with E-state index >= 15 is 0 Å². The molecule has 1 heterocycles. The minimum absolute atomic E-state index is 0.0108. The van der Waals surface area contributed by atoms with E-state index in [1.165, 1.54) is 92.2 Å². The highest BCUT2D eigenvalue weighted by molar-refractivity contribution is 5.57. The average molecular weight is 485 g/mol. The van der Waals surface area contributed by atoms with Crippen molar-refractivity contribution in [2.24, 2.45) is 17.8 Å². The molecule has 0 saturated carbocycles. The maximum Gasteiger partial charge on any atom is 0.126 e. The molecule has 1 aliphatic rings. The molecule has 0 bridgehead atoms. The van der Waals surface area contributed by atoms with E-state index in [-0.39, 0.29) is 11.0 Å². The highest BCUT2D eigenvalue weighted by atomic mass is 16.5. The number of hydrogen-bond donors (Lipinski definition) is 0. The first-order valence-electron chi connectivity index (χ1n) is 15.1. The van der Waals surface area contributed by atoms with Gasteiger partial charge < -0.3 is 4.74 Å². The van der Waals surface area contributed by atoms with Crippen LogP contribution in [0.5, 0.6) is 5.75 Å². The van der Waals surface area contributed by atoms with Crippen LogP contribution in [-0.4, -0.2) is 5.60 Å². The highest BCUT2D eigenvalue weighted by Gasteiger charge is 2.36. The van der Waals surface area contributed by atoms with Gasteiger partial charge in [-0.1, -0.05) is 93.4 Å². The lowest BCUT2D eigenvalue weighted by atomic mass is 9.73. The van der Waals surface area contributed by atoms with Gasteiger partial charge in [-0.05, 0) is 111 Å². The Morgan fingerprint density at radius 3 is 1.89 bits per heavy atom. The third-order valence-corrected chi connectivity index (χ3v) is 9.47. The fourth-order valence-corrected chi connectivity index (χ4v) is 6.48. The number of hydrogen-bond acceptors (Lipinski definition) is 1. The summed E-state index contributed by atoms with van der Waals surface area (Å²) in [6.45, 7) is 26.1. The third-order valence-electron chi connectivity index (χ3n) is 9.47. The smallest absolute Gasteiger partial charge is 0.126 e. The van der Waals surface area contributed by atoms with Crippen LogP contribution in [0.3, 0.4) is 0 Å². The molecule has 3 atom stereocenters. The van der Waals surface area contributed by atoms with E-state index < -0.39 is 0 Å². The van der Waals surface area contributed by atoms with Crippen molar-refractivity contribution in [1.82, 2.24) is 0 Å². The zero-order valence-corrected chi connectivity index (χ0v) is 25.6. The molecule has 0 aliphatic carbocycles. The zero-order valence-electron chi connectivity index (χ0n) is 25.6. The molecule has 0 unspecified atom stereocenters. The SMILES string of the molecule is CCC(C)(C)c1c(C)c(C)c2c(c1C)CC[C@@](C)(CCC[C@H](C)CCC[C@H](C)CCCC(C)C)O2. The predicted molar refractivity (Wildman–Crippen MR) is 156 cm³/mol. The van der Waals surface area contributed by atoms with Gasteiger partial charge in [0.1, 0.15) is 11.4 Å². The largest absolute Gasteiger partial charge is 0.487 e. The maximum atomic E-state index is 6.86. The second kappa shape index (κ2) is 13.0. The summed E-state index contributed by atoms with van der Waals surface area (Å²) >= 11 is 0. The molecule has 2 rings (SSSR count). The van der Waals surface area contributed by atoms with E-state index in [9.17, 15) is 0 Å². The summed E-state index contributed by atoms with van der Waals surface area (Å²) in [6.07, 6.45) is 15.7. The summed E-state index contributed by atoms with van der Waals surface area (Å²) in [6, 6.07) is 0. The lowest BCUT2D eigenvalue weighted by Gasteiger charge is -2.40. The number of ether oxygens (including phenoxy) is 1. The number of benzene rings is 1. The second-order valence-corrected chi connectivity index (χ2v) is 13.7. The van der Waals surface area contributed by atoms with E-state index in [4.69, 9.17) is 4.74 Å². The van der Waals surface area contributed by atoms with Crippen molar-refractivity contribution in [2.75, 3.05) is 0 Å². The fraction of sp³-hybridized carbons (Fsp3) is 0.824. The number of fused-ring (bicyclic) bond motifs is 1. The molecule has 0 spiro atoms. The molecule has 1 nitrogen and oxygen atoms in total. The lowest BCUT2D eigenvalue weighted by Crippen LogP contribution is -2.37. The van der Waals surface area contributed by atoms with Gasteiger partial charge >= 0.3 is 0 Å². The summed E-state index contributed by atoms with van der Waals surface area (Å²) in [5.74, 6) is 3.80. The van der Waals surface area contributed by atoms with E-state index in [0.717, 1.165) is 30.6 Å². The fourth-order valence-electron chi connectivity index (χ4n) is 6.48. The van der Waals surface area contributed by atoms with Crippen molar-refractivity contribution in [2.45, 2.75) is 164 Å². The van der Waals surface area contributed by atoms with Crippen molar-refractivity contribution >= 4 is 0 Å². The van der Waals surface area contributed by atoms with Crippen LogP contribution in [-0.2, 0) is 11.8 Å². The second-order valence-electron chi connectivity index (χ2n) is 13.7. The zero-order chi connectivity index (χ0) is 26.4. The van der Waals surface area contributed by atoms with E-state index in [0.29, 0.717) is 0 Å². The summed E-state index contributed by atoms with van der Waals surface area (Å²) in [4.78, 5) is 0. The van der Waals surface area contributed by atoms with Gasteiger partial charge in [-0.25, -0.2) is 0 Å². The molecule has 1 aliphatic heterocycles. The Morgan fingerprint density at radius 2 is 1.34 bits per heavy atom. The van der Waals surface area contributed by atoms with Gasteiger partial charge in [-0.3, -0.25) is 0 Å². The van der Waals surface area contributed by atoms with Crippen LogP contribution < -0.4 is 4.74 Å². The minimum Gasteiger partial charge on any atom is -0.487 e. The molecule has 0 amide bonds. The summed E-state index contributed by atoms with van der Waals surface area (Å²) in [5, 5.41) is 0. The van der Waals surface area contributed by atoms with Gasteiger partial charge in [0, 0.05) is 0 Å². The Hall–Kier alpha value is -0.980. The topological polar surface area (TPSA) is 9.23 Å². The molecule has 202 valence electrons. The van der Waals surface area contributed by atoms with Gasteiger partial charge in [0.2, 0.25) is 0 Å². The van der Waals surface area contributed by atoms with Crippen molar-refractivity contribution in [3.63, 3.8) is 0 Å². The Kier molecular flexibility index (Phi) is 11.2. The predicted octanol–water partition coefficient (Wildman–Crippen LogP) is 10.8. The normalized spacial score (nSPS) is 20.0. The number of rotatable bonds is 14. The Labute approximate surface area is 220 Å². The molecule has 1 heteroatoms. The van der Waals surface area contributed by atoms with E-state index in [2.05, 4.69) is 76.2 Å². The Balaban J connectivity index is 1.87. The van der Waals surface area contributed by atoms with Gasteiger partial charge in [-0.2, -0.15) is 0 Å². The third kappa shape index (κ3) is 8.26. The van der Waals surface area contributed by atoms with Crippen LogP contribution in [0.25, 0.3) is 0 Å². The lowest BCUT2D eigenvalue weighted by molar-refractivity contribution is 0.0512. The summed E-state index contributed by atoms with van der Waals surface area (Å²) in [7, 11) is 0. The molecular formula is C34H60O. The van der Waals surface area contributed by atoms with E-state index in [1.54, 1.807) is 5.56 Å². The summed E-state index contributed by atoms with van der Waals surface area (Å²) < 4.78 is 6.86. The van der Waals surface area contributed by atoms with Crippen LogP contribution in [0.2, 0.25) is 0 Å². The van der Waals surface area contributed by atoms with Gasteiger partial charge in [0.15, 0.2) is 0 Å². The molecule has 0 fully saturated rings. The first-order valence-corrected chi connectivity index (χ1v) is 15.1. The molecule has 1 aromatic rings. The minimum atomic E-state index is -0.0108. The Bertz CT molecular complexity index is 802. The Morgan fingerprint density at radius 1 is 0.800 bits per heavy atom. The molecule has 0 N–H and O–H groups in total. The van der Waals surface area contributed by atoms with E-state index in [1.807, 2.05) is 0 Å². The van der Waals surface area contributed by atoms with Crippen LogP contribution in [0.4, 0.5) is 0 Å². The van der Waals surface area contributed by atoms with Crippen LogP contribution in [0, 0.1) is 38.5 Å². The van der Waals surface area contributed by atoms with Crippen molar-refractivity contribution in [1.29, 1.82) is 0 Å². The van der Waals surface area contributed by atoms with Crippen molar-refractivity contribution in [3.8, 4) is 5.75 Å². The standard InChI is InChI=1S/C34H60O/c1-12-33(9,10)31-27(6)28(7)32-30(29(31)8)21-23-34(11,35-32)22-15-20-26(5)19-14-18-25(4)17-13-16-24(2)3/h24-26H,12-23H2,1-11H3/t25-,26-,34-/m1/s1. The average Bonchev–Trinajstić information content (AvgIpc) is 2.77. The molecule has 0 aromatic heterocycles. The first kappa shape index (κ1) is 30.2. The molecule has 0 saturated heterocycles. The molecule has 35 heavy (non-hydrogen) atoms. The van der Waals surface area contributed by atoms with Crippen molar-refractivity contribution < 1.29 is 4.74 Å². The van der Waals surface area contributed by atoms with Gasteiger partial charge in [-0.15, -0.1) is 0 Å². The van der Waals surface area contributed by atoms with Crippen LogP contribution >= 0.6 is 0 Å². The quantitative estimate of drug-likeness (QED) is 0.255. The molecule has 1 aromatic carbocycles. The molecular weight excluding hydrogens is 424 g/mol. The highest BCUT2D eigenvalue weighted by Crippen LogP contribution is 2.45.